The van der Waals surface area contributed by atoms with Crippen LogP contribution in [0.25, 0.3) is 81.1 Å². The Morgan fingerprint density at radius 2 is 1.38 bits per heavy atom. The van der Waals surface area contributed by atoms with Gasteiger partial charge in [0.25, 0.3) is 0 Å². The fourth-order valence-electron chi connectivity index (χ4n) is 8.83. The van der Waals surface area contributed by atoms with Gasteiger partial charge in [-0.3, -0.25) is 4.98 Å². The van der Waals surface area contributed by atoms with Crippen LogP contribution in [-0.2, 0) is 20.1 Å². The van der Waals surface area contributed by atoms with Gasteiger partial charge in [0.15, 0.2) is 0 Å². The molecular weight excluding hydrogens is 991 g/mol. The van der Waals surface area contributed by atoms with Gasteiger partial charge in [0.1, 0.15) is 0 Å². The van der Waals surface area contributed by atoms with Crippen molar-refractivity contribution in [2.75, 3.05) is 0 Å². The van der Waals surface area contributed by atoms with Crippen LogP contribution in [0.2, 0.25) is 19.6 Å². The number of fused-ring (bicyclic) bond motifs is 8. The van der Waals surface area contributed by atoms with Crippen molar-refractivity contribution in [3.8, 4) is 28.3 Å². The Morgan fingerprint density at radius 1 is 0.656 bits per heavy atom. The van der Waals surface area contributed by atoms with E-state index in [2.05, 4.69) is 180 Å². The van der Waals surface area contributed by atoms with Crippen LogP contribution in [-0.4, -0.2) is 22.6 Å². The third-order valence-electron chi connectivity index (χ3n) is 12.2. The van der Waals surface area contributed by atoms with Gasteiger partial charge < -0.3 is 9.55 Å². The molecule has 325 valence electrons. The Hall–Kier alpha value is -5.23. The van der Waals surface area contributed by atoms with Crippen LogP contribution in [0.1, 0.15) is 95.3 Å². The van der Waals surface area contributed by atoms with E-state index in [-0.39, 0.29) is 25.7 Å². The Morgan fingerprint density at radius 3 is 2.06 bits per heavy atom. The molecule has 10 rings (SSSR count). The number of rotatable bonds is 7. The first kappa shape index (κ1) is 38.1. The van der Waals surface area contributed by atoms with Crippen LogP contribution in [0.15, 0.2) is 128 Å². The van der Waals surface area contributed by atoms with Gasteiger partial charge in [-0.15, -0.1) is 59.2 Å². The number of benzene rings is 7. The van der Waals surface area contributed by atoms with Crippen molar-refractivity contribution >= 4 is 77.3 Å². The number of aromatic nitrogens is 3. The van der Waals surface area contributed by atoms with Crippen molar-refractivity contribution in [1.29, 1.82) is 0 Å². The molecule has 0 aliphatic heterocycles. The smallest absolute Gasteiger partial charge is 0.0798 e. The molecule has 6 heteroatoms. The first-order valence-corrected chi connectivity index (χ1v) is 26.3. The molecule has 7 aromatic carbocycles. The molecular formula is C58H57IrN3SSi-2. The zero-order chi connectivity index (χ0) is 49.3. The normalized spacial score (nSPS) is 13.8. The molecule has 3 aromatic heterocycles. The number of thiophene rings is 1. The maximum absolute atomic E-state index is 7.81. The minimum absolute atomic E-state index is 0. The zero-order valence-electron chi connectivity index (χ0n) is 43.9. The van der Waals surface area contributed by atoms with Gasteiger partial charge in [0.2, 0.25) is 0 Å². The summed E-state index contributed by atoms with van der Waals surface area (Å²) >= 11 is 1.85. The predicted molar refractivity (Wildman–Crippen MR) is 276 cm³/mol. The summed E-state index contributed by atoms with van der Waals surface area (Å²) in [7, 11) is -1.85. The average Bonchev–Trinajstić information content (AvgIpc) is 3.89. The minimum atomic E-state index is -2.22. The maximum atomic E-state index is 7.81. The van der Waals surface area contributed by atoms with Gasteiger partial charge in [-0.1, -0.05) is 152 Å². The summed E-state index contributed by atoms with van der Waals surface area (Å²) in [5, 5.41) is 8.58. The Bertz CT molecular complexity index is 3530. The molecule has 0 N–H and O–H groups in total. The topological polar surface area (TPSA) is 30.7 Å². The number of imidazole rings is 1. The molecule has 0 aliphatic carbocycles. The molecule has 3 heterocycles. The van der Waals surface area contributed by atoms with E-state index in [1.807, 2.05) is 11.3 Å². The van der Waals surface area contributed by atoms with E-state index in [1.165, 1.54) is 76.2 Å². The van der Waals surface area contributed by atoms with Crippen molar-refractivity contribution in [3.63, 3.8) is 0 Å². The number of hydrogen-bond donors (Lipinski definition) is 0. The molecule has 3 nitrogen and oxygen atoms in total. The van der Waals surface area contributed by atoms with Gasteiger partial charge in [-0.25, -0.2) is 0 Å². The number of hydrogen-bond acceptors (Lipinski definition) is 3. The van der Waals surface area contributed by atoms with Crippen LogP contribution >= 0.6 is 11.3 Å². The molecule has 0 unspecified atom stereocenters. The summed E-state index contributed by atoms with van der Waals surface area (Å²) < 4.78 is 50.6. The molecule has 0 fully saturated rings. The SMILES string of the molecule is CC(C)c1cc(C(C)C)c(-n2c(-c3[c-]cc4sc5ccc6c7ccccc7ccc6c5c4c3)nc3ccccc32)c(C(C)C)c1.[2H]C([2H])([2H])c1c[c-]c(-c2cc(C([2H])([2H])[2H])c([Si](C)(C)C)cn2)cc1.[Ir]. The zero-order valence-corrected chi connectivity index (χ0v) is 42.2. The Kier molecular flexibility index (Phi) is 10.7. The molecule has 10 aromatic rings. The summed E-state index contributed by atoms with van der Waals surface area (Å²) in [6.45, 7) is 15.7. The maximum Gasteiger partial charge on any atom is 0.0798 e. The van der Waals surface area contributed by atoms with Crippen molar-refractivity contribution in [2.45, 2.75) is 92.6 Å². The summed E-state index contributed by atoms with van der Waals surface area (Å²) in [6, 6.07) is 48.5. The second-order valence-corrected chi connectivity index (χ2v) is 24.8. The molecule has 1 radical (unpaired) electrons. The predicted octanol–water partition coefficient (Wildman–Crippen LogP) is 16.2. The number of para-hydroxylation sites is 2. The fraction of sp³-hybridized carbons (Fsp3) is 0.241. The average molecular weight is 1050 g/mol. The first-order valence-electron chi connectivity index (χ1n) is 25.0. The molecule has 0 saturated heterocycles. The Labute approximate surface area is 406 Å². The summed E-state index contributed by atoms with van der Waals surface area (Å²) in [4.78, 5) is 9.72. The summed E-state index contributed by atoms with van der Waals surface area (Å²) in [5.41, 5.74) is 10.1. The summed E-state index contributed by atoms with van der Waals surface area (Å²) in [6.07, 6.45) is 1.65. The van der Waals surface area contributed by atoms with Gasteiger partial charge in [0, 0.05) is 44.9 Å². The van der Waals surface area contributed by atoms with Crippen molar-refractivity contribution in [3.05, 3.63) is 167 Å². The van der Waals surface area contributed by atoms with Crippen LogP contribution in [0.5, 0.6) is 0 Å². The van der Waals surface area contributed by atoms with E-state index in [4.69, 9.17) is 13.2 Å². The van der Waals surface area contributed by atoms with E-state index in [9.17, 15) is 0 Å². The third kappa shape index (κ3) is 8.42. The van der Waals surface area contributed by atoms with Gasteiger partial charge in [0.05, 0.1) is 24.9 Å². The van der Waals surface area contributed by atoms with Crippen LogP contribution < -0.4 is 5.19 Å². The van der Waals surface area contributed by atoms with E-state index in [1.54, 1.807) is 18.3 Å². The quantitative estimate of drug-likeness (QED) is 0.0905. The molecule has 0 amide bonds. The molecule has 0 atom stereocenters. The van der Waals surface area contributed by atoms with E-state index in [0.29, 0.717) is 34.6 Å². The largest absolute Gasteiger partial charge is 0.333 e. The molecule has 0 saturated carbocycles. The second-order valence-electron chi connectivity index (χ2n) is 18.7. The van der Waals surface area contributed by atoms with E-state index in [0.717, 1.165) is 27.6 Å². The van der Waals surface area contributed by atoms with Crippen LogP contribution in [0.3, 0.4) is 0 Å². The van der Waals surface area contributed by atoms with Gasteiger partial charge in [-0.2, -0.15) is 11.3 Å². The van der Waals surface area contributed by atoms with Gasteiger partial charge in [-0.05, 0) is 102 Å². The van der Waals surface area contributed by atoms with Crippen LogP contribution in [0, 0.1) is 25.8 Å². The number of nitrogens with zero attached hydrogens (tertiary/aromatic N) is 3. The molecule has 0 bridgehead atoms. The first-order chi connectivity index (χ1) is 32.6. The number of pyridine rings is 1. The molecule has 64 heavy (non-hydrogen) atoms. The molecule has 0 spiro atoms. The molecule has 0 aliphatic rings. The van der Waals surface area contributed by atoms with Crippen molar-refractivity contribution in [2.24, 2.45) is 0 Å². The van der Waals surface area contributed by atoms with E-state index < -0.39 is 21.8 Å². The van der Waals surface area contributed by atoms with Crippen LogP contribution in [0.4, 0.5) is 0 Å². The third-order valence-corrected chi connectivity index (χ3v) is 15.4. The number of aryl methyl sites for hydroxylation is 2. The second kappa shape index (κ2) is 18.0. The van der Waals surface area contributed by atoms with Gasteiger partial charge >= 0.3 is 0 Å². The minimum Gasteiger partial charge on any atom is -0.333 e. The fourth-order valence-corrected chi connectivity index (χ4v) is 11.2. The summed E-state index contributed by atoms with van der Waals surface area (Å²) in [5.74, 6) is 2.13. The van der Waals surface area contributed by atoms with E-state index >= 15 is 0 Å². The standard InChI is InChI=1S/C42H37N2S.C16H20NSi.Ir/c1-24(2)29-22-33(25(3)4)41(34(23-29)26(5)6)44-37-14-10-9-13-36(37)43-42(44)28-16-19-38-35(21-28)40-32-17-15-27-11-7-8-12-30(27)31(32)18-20-39(40)45-38;1-12-6-8-14(9-7-12)15-10-13(2)16(11-17-15)18(3,4)5;/h7-15,17-26H,1-6H3;6-8,10-11H,1-5H3;/q2*-1;/i;1D3,2D3;. The van der Waals surface area contributed by atoms with Crippen molar-refractivity contribution in [1.82, 2.24) is 14.5 Å². The monoisotopic (exact) mass is 1050 g/mol. The van der Waals surface area contributed by atoms with Crippen molar-refractivity contribution < 1.29 is 28.3 Å². The Balaban J connectivity index is 0.000000224.